The lowest BCUT2D eigenvalue weighted by Gasteiger charge is -2.53. The van der Waals surface area contributed by atoms with Gasteiger partial charge in [-0.25, -0.2) is 0 Å². The molecule has 1 aliphatic carbocycles. The van der Waals surface area contributed by atoms with Gasteiger partial charge in [0.25, 0.3) is 0 Å². The topological polar surface area (TPSA) is 62.6 Å². The highest BCUT2D eigenvalue weighted by Crippen LogP contribution is 2.47. The zero-order chi connectivity index (χ0) is 19.6. The molecule has 156 valence electrons. The molecule has 1 aromatic rings. The number of piperidine rings is 1. The van der Waals surface area contributed by atoms with Crippen LogP contribution >= 0.6 is 0 Å². The van der Waals surface area contributed by atoms with Gasteiger partial charge in [-0.3, -0.25) is 14.4 Å². The van der Waals surface area contributed by atoms with Crippen LogP contribution < -0.4 is 5.32 Å². The van der Waals surface area contributed by atoms with E-state index in [0.717, 1.165) is 77.2 Å². The summed E-state index contributed by atoms with van der Waals surface area (Å²) in [6.07, 6.45) is 8.21. The second kappa shape index (κ2) is 8.51. The molecule has 3 fully saturated rings. The van der Waals surface area contributed by atoms with Crippen molar-refractivity contribution in [1.82, 2.24) is 24.9 Å². The fourth-order valence-electron chi connectivity index (χ4n) is 5.56. The molecule has 4 rings (SSSR count). The minimum absolute atomic E-state index is 0.237. The summed E-state index contributed by atoms with van der Waals surface area (Å²) in [6, 6.07) is 0.612. The fraction of sp³-hybridized carbons (Fsp3) is 0.810. The minimum Gasteiger partial charge on any atom is -0.379 e. The van der Waals surface area contributed by atoms with Gasteiger partial charge in [0, 0.05) is 51.0 Å². The highest BCUT2D eigenvalue weighted by atomic mass is 16.5. The Morgan fingerprint density at radius 1 is 1.32 bits per heavy atom. The molecule has 1 aromatic heterocycles. The van der Waals surface area contributed by atoms with Crippen molar-refractivity contribution in [3.05, 3.63) is 18.0 Å². The third-order valence-electron chi connectivity index (χ3n) is 7.23. The molecule has 3 aliphatic rings. The van der Waals surface area contributed by atoms with E-state index in [1.54, 1.807) is 4.68 Å². The van der Waals surface area contributed by atoms with Crippen LogP contribution in [-0.2, 0) is 23.1 Å². The van der Waals surface area contributed by atoms with Crippen molar-refractivity contribution in [1.29, 1.82) is 0 Å². The first-order valence-corrected chi connectivity index (χ1v) is 10.9. The lowest BCUT2D eigenvalue weighted by molar-refractivity contribution is -0.145. The maximum atomic E-state index is 13.5. The summed E-state index contributed by atoms with van der Waals surface area (Å²) < 4.78 is 7.33. The van der Waals surface area contributed by atoms with Crippen LogP contribution in [0.15, 0.2) is 12.4 Å². The van der Waals surface area contributed by atoms with Gasteiger partial charge in [0.1, 0.15) is 0 Å². The van der Waals surface area contributed by atoms with Gasteiger partial charge < -0.3 is 15.0 Å². The summed E-state index contributed by atoms with van der Waals surface area (Å²) in [5.74, 6) is 0.728. The normalized spacial score (nSPS) is 32.1. The molecule has 3 atom stereocenters. The van der Waals surface area contributed by atoms with Gasteiger partial charge in [0.2, 0.25) is 5.91 Å². The van der Waals surface area contributed by atoms with Crippen LogP contribution in [0.5, 0.6) is 0 Å². The number of ether oxygens (including phenoxy) is 1. The van der Waals surface area contributed by atoms with Crippen LogP contribution in [0, 0.1) is 11.3 Å². The molecule has 1 saturated carbocycles. The van der Waals surface area contributed by atoms with Gasteiger partial charge in [0.15, 0.2) is 0 Å². The van der Waals surface area contributed by atoms with Crippen LogP contribution in [0.25, 0.3) is 0 Å². The van der Waals surface area contributed by atoms with Crippen molar-refractivity contribution in [2.75, 3.05) is 45.9 Å². The number of nitrogens with one attached hydrogen (secondary N) is 1. The zero-order valence-electron chi connectivity index (χ0n) is 17.4. The Labute approximate surface area is 168 Å². The molecule has 28 heavy (non-hydrogen) atoms. The molecule has 0 radical (unpaired) electrons. The van der Waals surface area contributed by atoms with E-state index in [2.05, 4.69) is 27.1 Å². The summed E-state index contributed by atoms with van der Waals surface area (Å²) >= 11 is 0. The molecule has 1 N–H and O–H groups in total. The zero-order valence-corrected chi connectivity index (χ0v) is 17.4. The first-order chi connectivity index (χ1) is 13.6. The van der Waals surface area contributed by atoms with E-state index in [1.807, 2.05) is 19.4 Å². The fourth-order valence-corrected chi connectivity index (χ4v) is 5.56. The van der Waals surface area contributed by atoms with Crippen LogP contribution in [-0.4, -0.2) is 77.5 Å². The van der Waals surface area contributed by atoms with E-state index in [4.69, 9.17) is 4.74 Å². The summed E-state index contributed by atoms with van der Waals surface area (Å²) in [4.78, 5) is 18.6. The molecule has 2 saturated heterocycles. The molecule has 1 amide bonds. The Kier molecular flexibility index (Phi) is 6.04. The van der Waals surface area contributed by atoms with Crippen molar-refractivity contribution in [2.24, 2.45) is 18.4 Å². The van der Waals surface area contributed by atoms with Gasteiger partial charge in [-0.15, -0.1) is 0 Å². The number of carbonyl (C=O) groups is 1. The number of likely N-dealkylation sites (tertiary alicyclic amines) is 1. The Morgan fingerprint density at radius 2 is 2.14 bits per heavy atom. The average molecular weight is 390 g/mol. The predicted octanol–water partition coefficient (Wildman–Crippen LogP) is 1.25. The van der Waals surface area contributed by atoms with Gasteiger partial charge >= 0.3 is 0 Å². The summed E-state index contributed by atoms with van der Waals surface area (Å²) in [7, 11) is 1.91. The highest BCUT2D eigenvalue weighted by Gasteiger charge is 2.52. The lowest BCUT2D eigenvalue weighted by Crippen LogP contribution is -2.60. The van der Waals surface area contributed by atoms with Crippen LogP contribution in [0.3, 0.4) is 0 Å². The quantitative estimate of drug-likeness (QED) is 0.821. The van der Waals surface area contributed by atoms with Gasteiger partial charge in [-0.05, 0) is 44.7 Å². The number of amides is 1. The third-order valence-corrected chi connectivity index (χ3v) is 7.23. The van der Waals surface area contributed by atoms with E-state index >= 15 is 0 Å². The molecule has 3 heterocycles. The van der Waals surface area contributed by atoms with Crippen molar-refractivity contribution in [3.8, 4) is 0 Å². The second-order valence-corrected chi connectivity index (χ2v) is 8.79. The van der Waals surface area contributed by atoms with E-state index in [0.29, 0.717) is 18.5 Å². The lowest BCUT2D eigenvalue weighted by atomic mass is 9.61. The number of rotatable bonds is 5. The first kappa shape index (κ1) is 19.9. The molecule has 0 aromatic carbocycles. The molecule has 0 unspecified atom stereocenters. The number of aromatic nitrogens is 2. The SMILES string of the molecule is CCN1CC[C@@H]2C[C@@H](N3CCOCC3)CC[C@@]2(C(=O)NCc2cnn(C)c2)C1. The predicted molar refractivity (Wildman–Crippen MR) is 108 cm³/mol. The summed E-state index contributed by atoms with van der Waals surface area (Å²) in [5, 5.41) is 7.47. The number of carbonyl (C=O) groups excluding carboxylic acids is 1. The average Bonchev–Trinajstić information content (AvgIpc) is 3.16. The second-order valence-electron chi connectivity index (χ2n) is 8.79. The molecule has 7 nitrogen and oxygen atoms in total. The number of morpholine rings is 1. The summed E-state index contributed by atoms with van der Waals surface area (Å²) in [6.45, 7) is 9.61. The summed E-state index contributed by atoms with van der Waals surface area (Å²) in [5.41, 5.74) is 0.827. The van der Waals surface area contributed by atoms with Gasteiger partial charge in [0.05, 0.1) is 24.8 Å². The van der Waals surface area contributed by atoms with Crippen LogP contribution in [0.4, 0.5) is 0 Å². The Morgan fingerprint density at radius 3 is 2.86 bits per heavy atom. The van der Waals surface area contributed by atoms with Gasteiger partial charge in [-0.1, -0.05) is 6.92 Å². The smallest absolute Gasteiger partial charge is 0.228 e. The van der Waals surface area contributed by atoms with E-state index in [9.17, 15) is 4.79 Å². The Balaban J connectivity index is 1.46. The van der Waals surface area contributed by atoms with Gasteiger partial charge in [-0.2, -0.15) is 5.10 Å². The monoisotopic (exact) mass is 389 g/mol. The van der Waals surface area contributed by atoms with E-state index in [-0.39, 0.29) is 11.3 Å². The van der Waals surface area contributed by atoms with Crippen molar-refractivity contribution in [3.63, 3.8) is 0 Å². The van der Waals surface area contributed by atoms with Crippen molar-refractivity contribution >= 4 is 5.91 Å². The number of hydrogen-bond donors (Lipinski definition) is 1. The number of hydrogen-bond acceptors (Lipinski definition) is 5. The molecule has 7 heteroatoms. The first-order valence-electron chi connectivity index (χ1n) is 10.9. The Bertz CT molecular complexity index is 672. The molecular formula is C21H35N5O2. The van der Waals surface area contributed by atoms with E-state index in [1.165, 1.54) is 0 Å². The van der Waals surface area contributed by atoms with Crippen LogP contribution in [0.1, 0.15) is 38.2 Å². The number of fused-ring (bicyclic) bond motifs is 1. The molecule has 0 spiro atoms. The molecular weight excluding hydrogens is 354 g/mol. The standard InChI is InChI=1S/C21H35N5O2/c1-3-25-7-5-18-12-19(26-8-10-28-11-9-26)4-6-21(18,16-25)20(27)22-13-17-14-23-24(2)15-17/h14-15,18-19H,3-13,16H2,1-2H3,(H,22,27)/t18-,19+,21-/m1/s1. The van der Waals surface area contributed by atoms with Crippen LogP contribution in [0.2, 0.25) is 0 Å². The Hall–Kier alpha value is -1.44. The molecule has 2 aliphatic heterocycles. The van der Waals surface area contributed by atoms with Crippen molar-refractivity contribution < 1.29 is 9.53 Å². The number of nitrogens with zero attached hydrogens (tertiary/aromatic N) is 4. The number of aryl methyl sites for hydroxylation is 1. The minimum atomic E-state index is -0.237. The maximum Gasteiger partial charge on any atom is 0.228 e. The highest BCUT2D eigenvalue weighted by molar-refractivity contribution is 5.83. The largest absolute Gasteiger partial charge is 0.379 e. The third kappa shape index (κ3) is 3.98. The molecule has 0 bridgehead atoms. The maximum absolute atomic E-state index is 13.5. The van der Waals surface area contributed by atoms with Crippen molar-refractivity contribution in [2.45, 2.75) is 45.2 Å². The van der Waals surface area contributed by atoms with E-state index < -0.39 is 0 Å².